The number of methoxy groups -OCH3 is 1. The second kappa shape index (κ2) is 8.45. The first-order chi connectivity index (χ1) is 12.2. The fourth-order valence-electron chi connectivity index (χ4n) is 2.55. The zero-order chi connectivity index (χ0) is 19.3. The smallest absolute Gasteiger partial charge is 0.416 e. The van der Waals surface area contributed by atoms with Crippen LogP contribution in [0.4, 0.5) is 13.2 Å². The molecule has 2 aromatic rings. The molecule has 26 heavy (non-hydrogen) atoms. The van der Waals surface area contributed by atoms with Crippen LogP contribution in [0.2, 0.25) is 0 Å². The van der Waals surface area contributed by atoms with E-state index in [1.165, 1.54) is 12.1 Å². The third kappa shape index (κ3) is 5.39. The fraction of sp³-hybridized carbons (Fsp3) is 0.400. The summed E-state index contributed by atoms with van der Waals surface area (Å²) in [5, 5.41) is 3.24. The minimum absolute atomic E-state index is 0.0359. The van der Waals surface area contributed by atoms with Crippen molar-refractivity contribution in [2.75, 3.05) is 7.11 Å². The molecule has 0 aliphatic heterocycles. The van der Waals surface area contributed by atoms with Crippen LogP contribution in [0.25, 0.3) is 0 Å². The quantitative estimate of drug-likeness (QED) is 0.715. The summed E-state index contributed by atoms with van der Waals surface area (Å²) in [6.07, 6.45) is -4.30. The lowest BCUT2D eigenvalue weighted by Gasteiger charge is -2.18. The summed E-state index contributed by atoms with van der Waals surface area (Å²) in [7, 11) is 1.57. The molecule has 1 atom stereocenters. The van der Waals surface area contributed by atoms with E-state index < -0.39 is 11.7 Å². The summed E-state index contributed by atoms with van der Waals surface area (Å²) < 4.78 is 49.6. The summed E-state index contributed by atoms with van der Waals surface area (Å²) in [5.41, 5.74) is 0.906. The molecule has 0 radical (unpaired) electrons. The number of halogens is 3. The van der Waals surface area contributed by atoms with E-state index in [0.717, 1.165) is 11.6 Å². The van der Waals surface area contributed by atoms with E-state index in [9.17, 15) is 13.2 Å². The van der Waals surface area contributed by atoms with Crippen LogP contribution in [0, 0.1) is 0 Å². The van der Waals surface area contributed by atoms with Crippen LogP contribution in [0.5, 0.6) is 11.5 Å². The van der Waals surface area contributed by atoms with Crippen molar-refractivity contribution in [3.05, 3.63) is 59.2 Å². The molecule has 2 rings (SSSR count). The Morgan fingerprint density at radius 1 is 1.00 bits per heavy atom. The molecule has 0 aliphatic carbocycles. The van der Waals surface area contributed by atoms with Gasteiger partial charge in [-0.1, -0.05) is 18.2 Å². The second-order valence-electron chi connectivity index (χ2n) is 6.38. The predicted octanol–water partition coefficient (Wildman–Crippen LogP) is 5.35. The number of alkyl halides is 3. The van der Waals surface area contributed by atoms with Gasteiger partial charge in [0.1, 0.15) is 0 Å². The number of benzene rings is 2. The molecule has 0 saturated heterocycles. The average Bonchev–Trinajstić information content (AvgIpc) is 2.59. The van der Waals surface area contributed by atoms with Gasteiger partial charge in [-0.15, -0.1) is 0 Å². The number of hydrogen-bond donors (Lipinski definition) is 1. The lowest BCUT2D eigenvalue weighted by atomic mass is 10.0. The zero-order valence-electron chi connectivity index (χ0n) is 15.4. The van der Waals surface area contributed by atoms with Crippen molar-refractivity contribution in [1.29, 1.82) is 0 Å². The highest BCUT2D eigenvalue weighted by atomic mass is 19.4. The van der Waals surface area contributed by atoms with Crippen molar-refractivity contribution in [2.24, 2.45) is 0 Å². The van der Waals surface area contributed by atoms with Gasteiger partial charge < -0.3 is 14.8 Å². The van der Waals surface area contributed by atoms with Gasteiger partial charge >= 0.3 is 6.18 Å². The van der Waals surface area contributed by atoms with E-state index in [1.54, 1.807) is 13.2 Å². The first kappa shape index (κ1) is 20.1. The highest BCUT2D eigenvalue weighted by Gasteiger charge is 2.30. The lowest BCUT2D eigenvalue weighted by molar-refractivity contribution is -0.137. The molecule has 6 heteroatoms. The Bertz CT molecular complexity index is 729. The van der Waals surface area contributed by atoms with Gasteiger partial charge in [-0.05, 0) is 56.2 Å². The molecule has 0 aliphatic rings. The minimum atomic E-state index is -4.34. The molecule has 0 aromatic heterocycles. The number of ether oxygens (including phenoxy) is 2. The van der Waals surface area contributed by atoms with Crippen LogP contribution in [0.3, 0.4) is 0 Å². The maximum Gasteiger partial charge on any atom is 0.416 e. The third-order valence-electron chi connectivity index (χ3n) is 3.92. The first-order valence-electron chi connectivity index (χ1n) is 8.45. The van der Waals surface area contributed by atoms with Crippen molar-refractivity contribution >= 4 is 0 Å². The standard InChI is InChI=1S/C20H24F3NO2/c1-13(2)26-18-9-8-15(10-19(18)25-4)12-24-14(3)16-6-5-7-17(11-16)20(21,22)23/h5-11,13-14,24H,12H2,1-4H3. The summed E-state index contributed by atoms with van der Waals surface area (Å²) in [6.45, 7) is 6.20. The van der Waals surface area contributed by atoms with Gasteiger partial charge in [0.25, 0.3) is 0 Å². The fourth-order valence-corrected chi connectivity index (χ4v) is 2.55. The summed E-state index contributed by atoms with van der Waals surface area (Å²) in [6, 6.07) is 10.8. The van der Waals surface area contributed by atoms with Crippen LogP contribution in [-0.2, 0) is 12.7 Å². The summed E-state index contributed by atoms with van der Waals surface area (Å²) >= 11 is 0. The maximum absolute atomic E-state index is 12.8. The van der Waals surface area contributed by atoms with E-state index in [1.807, 2.05) is 39.0 Å². The van der Waals surface area contributed by atoms with E-state index in [2.05, 4.69) is 5.32 Å². The molecule has 1 N–H and O–H groups in total. The van der Waals surface area contributed by atoms with Gasteiger partial charge in [-0.2, -0.15) is 13.2 Å². The van der Waals surface area contributed by atoms with Gasteiger partial charge in [-0.3, -0.25) is 0 Å². The Labute approximate surface area is 152 Å². The van der Waals surface area contributed by atoms with E-state index in [4.69, 9.17) is 9.47 Å². The Balaban J connectivity index is 2.06. The molecular formula is C20H24F3NO2. The zero-order valence-corrected chi connectivity index (χ0v) is 15.4. The Morgan fingerprint density at radius 3 is 2.35 bits per heavy atom. The maximum atomic E-state index is 12.8. The van der Waals surface area contributed by atoms with Crippen LogP contribution >= 0.6 is 0 Å². The molecule has 1 unspecified atom stereocenters. The van der Waals surface area contributed by atoms with Crippen LogP contribution in [0.1, 0.15) is 43.5 Å². The van der Waals surface area contributed by atoms with Crippen molar-refractivity contribution in [3.8, 4) is 11.5 Å². The van der Waals surface area contributed by atoms with E-state index in [0.29, 0.717) is 23.6 Å². The Kier molecular flexibility index (Phi) is 6.53. The van der Waals surface area contributed by atoms with Crippen molar-refractivity contribution in [1.82, 2.24) is 5.32 Å². The Morgan fingerprint density at radius 2 is 1.73 bits per heavy atom. The monoisotopic (exact) mass is 367 g/mol. The van der Waals surface area contributed by atoms with Crippen molar-refractivity contribution < 1.29 is 22.6 Å². The minimum Gasteiger partial charge on any atom is -0.493 e. The third-order valence-corrected chi connectivity index (χ3v) is 3.92. The van der Waals surface area contributed by atoms with Gasteiger partial charge in [0.05, 0.1) is 18.8 Å². The highest BCUT2D eigenvalue weighted by Crippen LogP contribution is 2.31. The molecule has 0 amide bonds. The van der Waals surface area contributed by atoms with Crippen LogP contribution in [0.15, 0.2) is 42.5 Å². The summed E-state index contributed by atoms with van der Waals surface area (Å²) in [4.78, 5) is 0. The molecule has 0 heterocycles. The largest absolute Gasteiger partial charge is 0.493 e. The Hall–Kier alpha value is -2.21. The van der Waals surface area contributed by atoms with Gasteiger partial charge in [0, 0.05) is 12.6 Å². The molecule has 3 nitrogen and oxygen atoms in total. The van der Waals surface area contributed by atoms with Crippen LogP contribution < -0.4 is 14.8 Å². The number of rotatable bonds is 7. The normalized spacial score (nSPS) is 12.9. The molecule has 0 fully saturated rings. The SMILES string of the molecule is COc1cc(CNC(C)c2cccc(C(F)(F)F)c2)ccc1OC(C)C. The van der Waals surface area contributed by atoms with E-state index in [-0.39, 0.29) is 12.1 Å². The average molecular weight is 367 g/mol. The highest BCUT2D eigenvalue weighted by molar-refractivity contribution is 5.43. The van der Waals surface area contributed by atoms with E-state index >= 15 is 0 Å². The topological polar surface area (TPSA) is 30.5 Å². The molecular weight excluding hydrogens is 343 g/mol. The molecule has 2 aromatic carbocycles. The number of hydrogen-bond acceptors (Lipinski definition) is 3. The van der Waals surface area contributed by atoms with Crippen LogP contribution in [-0.4, -0.2) is 13.2 Å². The second-order valence-corrected chi connectivity index (χ2v) is 6.38. The van der Waals surface area contributed by atoms with Crippen molar-refractivity contribution in [2.45, 2.75) is 45.6 Å². The first-order valence-corrected chi connectivity index (χ1v) is 8.45. The molecule has 0 bridgehead atoms. The molecule has 0 spiro atoms. The number of nitrogens with one attached hydrogen (secondary N) is 1. The molecule has 142 valence electrons. The van der Waals surface area contributed by atoms with Gasteiger partial charge in [0.15, 0.2) is 11.5 Å². The predicted molar refractivity (Wildman–Crippen MR) is 95.5 cm³/mol. The van der Waals surface area contributed by atoms with Crippen molar-refractivity contribution in [3.63, 3.8) is 0 Å². The van der Waals surface area contributed by atoms with Gasteiger partial charge in [-0.25, -0.2) is 0 Å². The summed E-state index contributed by atoms with van der Waals surface area (Å²) in [5.74, 6) is 1.29. The molecule has 0 saturated carbocycles. The van der Waals surface area contributed by atoms with Gasteiger partial charge in [0.2, 0.25) is 0 Å². The lowest BCUT2D eigenvalue weighted by Crippen LogP contribution is -2.19.